The number of primary amides is 1. The molecule has 0 spiro atoms. The summed E-state index contributed by atoms with van der Waals surface area (Å²) >= 11 is 0. The van der Waals surface area contributed by atoms with Crippen LogP contribution in [-0.2, 0) is 10.9 Å². The highest BCUT2D eigenvalue weighted by Gasteiger charge is 2.30. The van der Waals surface area contributed by atoms with Gasteiger partial charge in [0.25, 0.3) is 11.8 Å². The summed E-state index contributed by atoms with van der Waals surface area (Å²) in [5.41, 5.74) is 6.33. The normalized spacial score (nSPS) is 17.7. The summed E-state index contributed by atoms with van der Waals surface area (Å²) in [5, 5.41) is 14.4. The predicted octanol–water partition coefficient (Wildman–Crippen LogP) is 3.29. The number of nitrogens with one attached hydrogen (secondary N) is 2. The molecule has 0 bridgehead atoms. The number of morpholine rings is 1. The maximum absolute atomic E-state index is 12.9. The Bertz CT molecular complexity index is 1380. The van der Waals surface area contributed by atoms with Crippen LogP contribution in [0.15, 0.2) is 48.5 Å². The van der Waals surface area contributed by atoms with Gasteiger partial charge in [0.2, 0.25) is 5.95 Å². The highest BCUT2D eigenvalue weighted by molar-refractivity contribution is 5.97. The van der Waals surface area contributed by atoms with Crippen LogP contribution in [0.25, 0.3) is 0 Å². The molecule has 4 N–H and O–H groups in total. The van der Waals surface area contributed by atoms with Crippen LogP contribution in [0, 0.1) is 0 Å². The van der Waals surface area contributed by atoms with E-state index in [4.69, 9.17) is 10.5 Å². The molecular weight excluding hydrogens is 541 g/mol. The third-order valence-electron chi connectivity index (χ3n) is 6.89. The molecule has 0 radical (unpaired) electrons. The fourth-order valence-electron chi connectivity index (χ4n) is 4.75. The van der Waals surface area contributed by atoms with Crippen molar-refractivity contribution in [2.45, 2.75) is 25.1 Å². The van der Waals surface area contributed by atoms with E-state index in [9.17, 15) is 22.8 Å². The van der Waals surface area contributed by atoms with E-state index in [1.807, 2.05) is 4.90 Å². The van der Waals surface area contributed by atoms with E-state index in [1.54, 1.807) is 29.2 Å². The van der Waals surface area contributed by atoms with Crippen LogP contribution in [0.2, 0.25) is 0 Å². The number of nitrogens with zero attached hydrogens (tertiary/aromatic N) is 5. The lowest BCUT2D eigenvalue weighted by molar-refractivity contribution is -0.137. The zero-order chi connectivity index (χ0) is 29.0. The van der Waals surface area contributed by atoms with Gasteiger partial charge in [-0.1, -0.05) is 0 Å². The Balaban J connectivity index is 1.28. The number of alkyl halides is 3. The number of nitrogens with two attached hydrogens (primary N) is 1. The predicted molar refractivity (Wildman–Crippen MR) is 145 cm³/mol. The van der Waals surface area contributed by atoms with Crippen molar-refractivity contribution in [1.82, 2.24) is 20.1 Å². The molecule has 216 valence electrons. The van der Waals surface area contributed by atoms with Crippen LogP contribution in [0.1, 0.15) is 39.3 Å². The minimum Gasteiger partial charge on any atom is -0.381 e. The Morgan fingerprint density at radius 2 is 1.63 bits per heavy atom. The molecule has 2 aromatic carbocycles. The fourth-order valence-corrected chi connectivity index (χ4v) is 4.75. The molecule has 3 aromatic rings. The quantitative estimate of drug-likeness (QED) is 0.391. The zero-order valence-corrected chi connectivity index (χ0v) is 22.0. The molecule has 3 heterocycles. The summed E-state index contributed by atoms with van der Waals surface area (Å²) in [6, 6.07) is 11.6. The summed E-state index contributed by atoms with van der Waals surface area (Å²) in [6.07, 6.45) is -2.82. The highest BCUT2D eigenvalue weighted by Crippen LogP contribution is 2.30. The van der Waals surface area contributed by atoms with Gasteiger partial charge < -0.3 is 30.9 Å². The molecule has 1 aromatic heterocycles. The largest absolute Gasteiger partial charge is 0.416 e. The van der Waals surface area contributed by atoms with E-state index in [1.165, 1.54) is 12.1 Å². The van der Waals surface area contributed by atoms with Gasteiger partial charge in [-0.25, -0.2) is 0 Å². The number of halogens is 3. The van der Waals surface area contributed by atoms with Gasteiger partial charge in [-0.15, -0.1) is 10.2 Å². The molecular formula is C27H29F3N8O3. The topological polar surface area (TPSA) is 139 Å². The van der Waals surface area contributed by atoms with E-state index in [0.717, 1.165) is 25.0 Å². The number of rotatable bonds is 7. The molecule has 41 heavy (non-hydrogen) atoms. The number of carbonyl (C=O) groups excluding carboxylic acids is 2. The zero-order valence-electron chi connectivity index (χ0n) is 22.0. The summed E-state index contributed by atoms with van der Waals surface area (Å²) < 4.78 is 44.0. The molecule has 0 aliphatic carbocycles. The van der Waals surface area contributed by atoms with Crippen LogP contribution in [0.4, 0.5) is 36.3 Å². The Kier molecular flexibility index (Phi) is 8.19. The van der Waals surface area contributed by atoms with Crippen molar-refractivity contribution < 1.29 is 27.5 Å². The molecule has 1 atom stereocenters. The van der Waals surface area contributed by atoms with E-state index in [0.29, 0.717) is 56.3 Å². The van der Waals surface area contributed by atoms with Crippen LogP contribution in [0.5, 0.6) is 0 Å². The minimum atomic E-state index is -4.39. The number of carbonyl (C=O) groups is 2. The molecule has 2 aliphatic heterocycles. The molecule has 5 rings (SSSR count). The first-order valence-electron chi connectivity index (χ1n) is 13.1. The number of piperidine rings is 1. The van der Waals surface area contributed by atoms with Crippen molar-refractivity contribution in [3.05, 3.63) is 65.4 Å². The molecule has 0 saturated carbocycles. The highest BCUT2D eigenvalue weighted by atomic mass is 19.4. The lowest BCUT2D eigenvalue weighted by Gasteiger charge is -2.33. The number of anilines is 4. The molecule has 2 amide bonds. The number of hydrogen-bond donors (Lipinski definition) is 3. The van der Waals surface area contributed by atoms with Crippen molar-refractivity contribution in [2.24, 2.45) is 5.73 Å². The number of hydrogen-bond acceptors (Lipinski definition) is 9. The Hall–Kier alpha value is -4.46. The number of benzene rings is 2. The number of amides is 2. The minimum absolute atomic E-state index is 0.0761. The SMILES string of the molecule is NC(=O)c1nnc(N2CCC[C@@H](Nc3ccc(C(F)(F)F)cc3)C2)nc1Nc1ccc(C(=O)N2CCOCC2)cc1. The van der Waals surface area contributed by atoms with E-state index >= 15 is 0 Å². The average Bonchev–Trinajstić information content (AvgIpc) is 2.97. The van der Waals surface area contributed by atoms with Crippen LogP contribution in [-0.4, -0.2) is 77.3 Å². The van der Waals surface area contributed by atoms with Crippen molar-refractivity contribution in [1.29, 1.82) is 0 Å². The van der Waals surface area contributed by atoms with Gasteiger partial charge in [0.05, 0.1) is 18.8 Å². The monoisotopic (exact) mass is 570 g/mol. The first-order chi connectivity index (χ1) is 19.7. The fraction of sp³-hybridized carbons (Fsp3) is 0.370. The third kappa shape index (κ3) is 6.82. The first kappa shape index (κ1) is 28.1. The van der Waals surface area contributed by atoms with E-state index in [-0.39, 0.29) is 29.4 Å². The smallest absolute Gasteiger partial charge is 0.381 e. The number of aromatic nitrogens is 3. The van der Waals surface area contributed by atoms with Gasteiger partial charge >= 0.3 is 6.18 Å². The van der Waals surface area contributed by atoms with Gasteiger partial charge in [-0.2, -0.15) is 18.2 Å². The van der Waals surface area contributed by atoms with Crippen molar-refractivity contribution in [3.63, 3.8) is 0 Å². The summed E-state index contributed by atoms with van der Waals surface area (Å²) in [6.45, 7) is 3.18. The van der Waals surface area contributed by atoms with Crippen molar-refractivity contribution in [2.75, 3.05) is 54.9 Å². The molecule has 0 unspecified atom stereocenters. The Labute approximate surface area is 233 Å². The standard InChI is InChI=1S/C27H29F3N8O3/c28-27(29,30)18-5-9-19(10-6-18)32-21-2-1-11-38(16-21)26-34-24(22(23(31)39)35-36-26)33-20-7-3-17(4-8-20)25(40)37-12-14-41-15-13-37/h3-10,21,32H,1-2,11-16H2,(H2,31,39)(H,33,34,36)/t21-/m1/s1. The second kappa shape index (κ2) is 12.0. The van der Waals surface area contributed by atoms with E-state index in [2.05, 4.69) is 25.8 Å². The van der Waals surface area contributed by atoms with E-state index < -0.39 is 17.6 Å². The lowest BCUT2D eigenvalue weighted by atomic mass is 10.1. The maximum Gasteiger partial charge on any atom is 0.416 e. The lowest BCUT2D eigenvalue weighted by Crippen LogP contribution is -2.43. The van der Waals surface area contributed by atoms with Gasteiger partial charge in [0.1, 0.15) is 0 Å². The number of ether oxygens (including phenoxy) is 1. The van der Waals surface area contributed by atoms with Crippen LogP contribution in [0.3, 0.4) is 0 Å². The molecule has 14 heteroatoms. The molecule has 2 aliphatic rings. The van der Waals surface area contributed by atoms with Gasteiger partial charge in [-0.05, 0) is 61.4 Å². The van der Waals surface area contributed by atoms with Crippen molar-refractivity contribution >= 4 is 35.0 Å². The summed E-state index contributed by atoms with van der Waals surface area (Å²) in [5.74, 6) is -0.505. The molecule has 2 fully saturated rings. The summed E-state index contributed by atoms with van der Waals surface area (Å²) in [7, 11) is 0. The first-order valence-corrected chi connectivity index (χ1v) is 13.1. The van der Waals surface area contributed by atoms with Crippen LogP contribution >= 0.6 is 0 Å². The van der Waals surface area contributed by atoms with Gasteiger partial charge in [-0.3, -0.25) is 9.59 Å². The molecule has 11 nitrogen and oxygen atoms in total. The van der Waals surface area contributed by atoms with Gasteiger partial charge in [0.15, 0.2) is 11.5 Å². The summed E-state index contributed by atoms with van der Waals surface area (Å²) in [4.78, 5) is 32.9. The second-order valence-corrected chi connectivity index (χ2v) is 9.78. The third-order valence-corrected chi connectivity index (χ3v) is 6.89. The molecule has 2 saturated heterocycles. The maximum atomic E-state index is 12.9. The Morgan fingerprint density at radius 1 is 0.951 bits per heavy atom. The second-order valence-electron chi connectivity index (χ2n) is 9.78. The van der Waals surface area contributed by atoms with Gasteiger partial charge in [0, 0.05) is 49.2 Å². The Morgan fingerprint density at radius 3 is 2.29 bits per heavy atom. The van der Waals surface area contributed by atoms with Crippen LogP contribution < -0.4 is 21.3 Å². The van der Waals surface area contributed by atoms with Crippen molar-refractivity contribution in [3.8, 4) is 0 Å². The average molecular weight is 571 g/mol.